The first kappa shape index (κ1) is 31.9. The van der Waals surface area contributed by atoms with Crippen molar-refractivity contribution in [2.45, 2.75) is 0 Å². The van der Waals surface area contributed by atoms with Gasteiger partial charge in [-0.2, -0.15) is 0 Å². The molecule has 0 fully saturated rings. The third kappa shape index (κ3) is 4.75. The standard InChI is InChI=1S/C49H34N4SSi/c1-52-43-23-10-9-22-42(43)51-49(52)33-15-14-20-36(31-33)55(34-16-4-2-5-17-34,35-18-6-3-7-19-35)37-26-27-38-40-28-29-41-39-21-8-11-24-45(39)54-48(41)47(40)53(44(38)32-37)46-25-12-13-30-50-46/h2-32H,1H3. The van der Waals surface area contributed by atoms with Gasteiger partial charge in [0, 0.05) is 45.1 Å². The molecule has 0 unspecified atom stereocenters. The molecule has 55 heavy (non-hydrogen) atoms. The van der Waals surface area contributed by atoms with Crippen molar-refractivity contribution >= 4 is 93.2 Å². The van der Waals surface area contributed by atoms with Crippen LogP contribution in [0.25, 0.3) is 70.2 Å². The van der Waals surface area contributed by atoms with Crippen molar-refractivity contribution in [1.82, 2.24) is 19.1 Å². The fourth-order valence-corrected chi connectivity index (χ4v) is 14.9. The van der Waals surface area contributed by atoms with E-state index in [0.29, 0.717) is 0 Å². The average molecular weight is 739 g/mol. The summed E-state index contributed by atoms with van der Waals surface area (Å²) in [5, 5.41) is 10.3. The number of aromatic nitrogens is 4. The van der Waals surface area contributed by atoms with Crippen molar-refractivity contribution in [3.63, 3.8) is 0 Å². The van der Waals surface area contributed by atoms with E-state index in [-0.39, 0.29) is 0 Å². The Morgan fingerprint density at radius 2 is 1.18 bits per heavy atom. The summed E-state index contributed by atoms with van der Waals surface area (Å²) < 4.78 is 7.21. The Labute approximate surface area is 323 Å². The first-order valence-corrected chi connectivity index (χ1v) is 21.5. The van der Waals surface area contributed by atoms with Gasteiger partial charge < -0.3 is 4.57 Å². The zero-order valence-corrected chi connectivity index (χ0v) is 31.9. The molecule has 11 aromatic rings. The molecule has 11 rings (SSSR count). The van der Waals surface area contributed by atoms with Gasteiger partial charge >= 0.3 is 0 Å². The Morgan fingerprint density at radius 1 is 0.509 bits per heavy atom. The number of thiophene rings is 1. The molecule has 0 bridgehead atoms. The van der Waals surface area contributed by atoms with Gasteiger partial charge in [0.2, 0.25) is 0 Å². The maximum atomic E-state index is 5.14. The second-order valence-corrected chi connectivity index (χ2v) is 19.1. The predicted molar refractivity (Wildman–Crippen MR) is 235 cm³/mol. The largest absolute Gasteiger partial charge is 0.327 e. The molecular weight excluding hydrogens is 705 g/mol. The van der Waals surface area contributed by atoms with Crippen LogP contribution >= 0.6 is 11.3 Å². The monoisotopic (exact) mass is 738 g/mol. The normalized spacial score (nSPS) is 12.1. The first-order valence-electron chi connectivity index (χ1n) is 18.6. The van der Waals surface area contributed by atoms with Crippen LogP contribution in [0.5, 0.6) is 0 Å². The Balaban J connectivity index is 1.26. The number of pyridine rings is 1. The van der Waals surface area contributed by atoms with Gasteiger partial charge in [-0.05, 0) is 57.1 Å². The second-order valence-electron chi connectivity index (χ2n) is 14.2. The predicted octanol–water partition coefficient (Wildman–Crippen LogP) is 9.48. The molecule has 0 spiro atoms. The zero-order valence-electron chi connectivity index (χ0n) is 30.1. The molecule has 4 heterocycles. The molecule has 0 saturated heterocycles. The Morgan fingerprint density at radius 3 is 1.96 bits per heavy atom. The molecule has 0 aliphatic rings. The highest BCUT2D eigenvalue weighted by Crippen LogP contribution is 2.42. The van der Waals surface area contributed by atoms with Gasteiger partial charge in [0.15, 0.2) is 8.07 Å². The van der Waals surface area contributed by atoms with Gasteiger partial charge in [0.1, 0.15) is 11.6 Å². The Kier molecular flexibility index (Phi) is 7.24. The van der Waals surface area contributed by atoms with Crippen molar-refractivity contribution in [2.75, 3.05) is 0 Å². The molecular formula is C49H34N4SSi. The number of rotatable bonds is 6. The summed E-state index contributed by atoms with van der Waals surface area (Å²) >= 11 is 1.87. The number of imidazole rings is 1. The quantitative estimate of drug-likeness (QED) is 0.126. The number of benzene rings is 7. The van der Waals surface area contributed by atoms with E-state index in [0.717, 1.165) is 33.8 Å². The maximum absolute atomic E-state index is 5.14. The molecule has 0 radical (unpaired) electrons. The molecule has 0 atom stereocenters. The summed E-state index contributed by atoms with van der Waals surface area (Å²) in [5.41, 5.74) is 5.60. The van der Waals surface area contributed by atoms with Crippen LogP contribution in [0, 0.1) is 0 Å². The fraction of sp³-hybridized carbons (Fsp3) is 0.0204. The number of hydrogen-bond donors (Lipinski definition) is 0. The van der Waals surface area contributed by atoms with Gasteiger partial charge in [-0.15, -0.1) is 11.3 Å². The second kappa shape index (κ2) is 12.5. The van der Waals surface area contributed by atoms with Crippen LogP contribution in [0.1, 0.15) is 0 Å². The minimum atomic E-state index is -2.96. The molecule has 4 aromatic heterocycles. The van der Waals surface area contributed by atoms with Crippen LogP contribution in [-0.2, 0) is 7.05 Å². The first-order chi connectivity index (χ1) is 27.2. The molecule has 4 nitrogen and oxygen atoms in total. The molecule has 0 saturated carbocycles. The van der Waals surface area contributed by atoms with E-state index in [1.165, 1.54) is 57.2 Å². The molecule has 260 valence electrons. The number of hydrogen-bond acceptors (Lipinski definition) is 3. The molecule has 6 heteroatoms. The van der Waals surface area contributed by atoms with Crippen molar-refractivity contribution < 1.29 is 0 Å². The summed E-state index contributed by atoms with van der Waals surface area (Å²) in [6.07, 6.45) is 1.90. The van der Waals surface area contributed by atoms with E-state index in [1.54, 1.807) is 0 Å². The molecule has 0 aliphatic heterocycles. The summed E-state index contributed by atoms with van der Waals surface area (Å²) in [6.45, 7) is 0. The lowest BCUT2D eigenvalue weighted by molar-refractivity contribution is 0.959. The lowest BCUT2D eigenvalue weighted by Gasteiger charge is -2.34. The van der Waals surface area contributed by atoms with Crippen LogP contribution < -0.4 is 20.7 Å². The number of para-hydroxylation sites is 2. The van der Waals surface area contributed by atoms with E-state index in [2.05, 4.69) is 192 Å². The Hall–Kier alpha value is -6.60. The van der Waals surface area contributed by atoms with Crippen LogP contribution in [0.4, 0.5) is 0 Å². The molecule has 0 aliphatic carbocycles. The fourth-order valence-electron chi connectivity index (χ4n) is 8.91. The van der Waals surface area contributed by atoms with Crippen LogP contribution in [-0.4, -0.2) is 27.2 Å². The summed E-state index contributed by atoms with van der Waals surface area (Å²) in [5.74, 6) is 1.88. The van der Waals surface area contributed by atoms with Crippen molar-refractivity contribution in [3.8, 4) is 17.2 Å². The molecule has 7 aromatic carbocycles. The minimum absolute atomic E-state index is 0.917. The SMILES string of the molecule is Cn1c(-c2cccc([Si](c3ccccc3)(c3ccccc3)c3ccc4c5ccc6c7ccccc7sc6c5n(-c5ccccn5)c4c3)c2)nc2ccccc21. The van der Waals surface area contributed by atoms with Gasteiger partial charge in [-0.25, -0.2) is 9.97 Å². The zero-order chi connectivity index (χ0) is 36.5. The van der Waals surface area contributed by atoms with Gasteiger partial charge in [0.25, 0.3) is 0 Å². The lowest BCUT2D eigenvalue weighted by Crippen LogP contribution is -2.74. The lowest BCUT2D eigenvalue weighted by atomic mass is 10.1. The van der Waals surface area contributed by atoms with Crippen molar-refractivity contribution in [1.29, 1.82) is 0 Å². The van der Waals surface area contributed by atoms with E-state index < -0.39 is 8.07 Å². The third-order valence-corrected chi connectivity index (χ3v) is 17.3. The van der Waals surface area contributed by atoms with E-state index in [1.807, 2.05) is 23.6 Å². The summed E-state index contributed by atoms with van der Waals surface area (Å²) in [6, 6.07) is 66.8. The molecule has 0 amide bonds. The van der Waals surface area contributed by atoms with E-state index >= 15 is 0 Å². The molecule has 0 N–H and O–H groups in total. The van der Waals surface area contributed by atoms with Crippen LogP contribution in [0.3, 0.4) is 0 Å². The number of fused-ring (bicyclic) bond motifs is 8. The maximum Gasteiger partial charge on any atom is 0.179 e. The summed E-state index contributed by atoms with van der Waals surface area (Å²) in [4.78, 5) is 10.1. The number of nitrogens with zero attached hydrogens (tertiary/aromatic N) is 4. The van der Waals surface area contributed by atoms with Gasteiger partial charge in [-0.3, -0.25) is 4.57 Å². The van der Waals surface area contributed by atoms with Crippen LogP contribution in [0.15, 0.2) is 188 Å². The minimum Gasteiger partial charge on any atom is -0.327 e. The van der Waals surface area contributed by atoms with Gasteiger partial charge in [0.05, 0.1) is 26.8 Å². The van der Waals surface area contributed by atoms with Crippen molar-refractivity contribution in [2.24, 2.45) is 7.05 Å². The summed E-state index contributed by atoms with van der Waals surface area (Å²) in [7, 11) is -0.840. The smallest absolute Gasteiger partial charge is 0.179 e. The van der Waals surface area contributed by atoms with Gasteiger partial charge in [-0.1, -0.05) is 146 Å². The highest BCUT2D eigenvalue weighted by atomic mass is 32.1. The Bertz CT molecular complexity index is 3180. The van der Waals surface area contributed by atoms with E-state index in [4.69, 9.17) is 9.97 Å². The highest BCUT2D eigenvalue weighted by molar-refractivity contribution is 7.26. The van der Waals surface area contributed by atoms with E-state index in [9.17, 15) is 0 Å². The topological polar surface area (TPSA) is 35.6 Å². The third-order valence-electron chi connectivity index (χ3n) is 11.3. The highest BCUT2D eigenvalue weighted by Gasteiger charge is 2.42. The van der Waals surface area contributed by atoms with Crippen LogP contribution in [0.2, 0.25) is 0 Å². The average Bonchev–Trinajstić information content (AvgIpc) is 3.91. The number of aryl methyl sites for hydroxylation is 1. The van der Waals surface area contributed by atoms with Crippen molar-refractivity contribution in [3.05, 3.63) is 188 Å².